The molecule has 0 aliphatic rings. The summed E-state index contributed by atoms with van der Waals surface area (Å²) in [6, 6.07) is -0.911. The summed E-state index contributed by atoms with van der Waals surface area (Å²) in [6.07, 6.45) is 3.16. The molecule has 7 heteroatoms. The fraction of sp³-hybridized carbons (Fsp3) is 0.455. The molecule has 18 heavy (non-hydrogen) atoms. The number of thioether (sulfide) groups is 1. The number of carboxylic acids is 1. The van der Waals surface area contributed by atoms with Gasteiger partial charge >= 0.3 is 5.97 Å². The number of nitrogens with zero attached hydrogens (tertiary/aromatic N) is 2. The van der Waals surface area contributed by atoms with Crippen LogP contribution in [0.3, 0.4) is 0 Å². The number of carbonyl (C=O) groups excluding carboxylic acids is 1. The van der Waals surface area contributed by atoms with E-state index in [2.05, 4.69) is 15.3 Å². The summed E-state index contributed by atoms with van der Waals surface area (Å²) >= 11 is 1.36. The highest BCUT2D eigenvalue weighted by Crippen LogP contribution is 2.09. The fourth-order valence-electron chi connectivity index (χ4n) is 1.49. The average Bonchev–Trinajstić information content (AvgIpc) is 2.28. The number of hydrogen-bond donors (Lipinski definition) is 2. The van der Waals surface area contributed by atoms with Gasteiger partial charge in [-0.2, -0.15) is 11.8 Å². The maximum atomic E-state index is 12.0. The summed E-state index contributed by atoms with van der Waals surface area (Å²) in [4.78, 5) is 30.8. The van der Waals surface area contributed by atoms with Crippen LogP contribution in [0.5, 0.6) is 0 Å². The third kappa shape index (κ3) is 3.43. The Labute approximate surface area is 109 Å². The molecule has 2 N–H and O–H groups in total. The van der Waals surface area contributed by atoms with Crippen LogP contribution in [0.2, 0.25) is 0 Å². The third-order valence-electron chi connectivity index (χ3n) is 2.39. The molecule has 0 fully saturated rings. The lowest BCUT2D eigenvalue weighted by Crippen LogP contribution is -2.43. The van der Waals surface area contributed by atoms with Crippen LogP contribution in [-0.2, 0) is 4.79 Å². The number of aliphatic carboxylic acids is 1. The number of aromatic nitrogens is 2. The van der Waals surface area contributed by atoms with E-state index in [1.807, 2.05) is 0 Å². The molecule has 6 nitrogen and oxygen atoms in total. The topological polar surface area (TPSA) is 92.2 Å². The minimum absolute atomic E-state index is 0.312. The Bertz CT molecular complexity index is 445. The number of hydrogen-bond acceptors (Lipinski definition) is 5. The Morgan fingerprint density at radius 1 is 1.39 bits per heavy atom. The highest BCUT2D eigenvalue weighted by atomic mass is 32.2. The molecule has 0 aliphatic carbocycles. The number of carboxylic acid groups (broad SMARTS) is 1. The number of carbonyl (C=O) groups is 2. The SMILES string of the molecule is CSC[C@H](NC(=O)c1c(C)ncnc1C)C(=O)O. The summed E-state index contributed by atoms with van der Waals surface area (Å²) < 4.78 is 0. The second-order valence-corrected chi connectivity index (χ2v) is 4.65. The zero-order valence-corrected chi connectivity index (χ0v) is 11.2. The summed E-state index contributed by atoms with van der Waals surface area (Å²) in [5.41, 5.74) is 1.41. The zero-order valence-electron chi connectivity index (χ0n) is 10.4. The van der Waals surface area contributed by atoms with Crippen molar-refractivity contribution in [3.8, 4) is 0 Å². The molecule has 1 atom stereocenters. The smallest absolute Gasteiger partial charge is 0.327 e. The molecule has 1 rings (SSSR count). The van der Waals surface area contributed by atoms with Crippen LogP contribution < -0.4 is 5.32 Å². The van der Waals surface area contributed by atoms with Gasteiger partial charge < -0.3 is 10.4 Å². The van der Waals surface area contributed by atoms with Crippen molar-refractivity contribution in [2.45, 2.75) is 19.9 Å². The third-order valence-corrected chi connectivity index (χ3v) is 3.06. The molecule has 1 aromatic heterocycles. The zero-order chi connectivity index (χ0) is 13.7. The molecule has 0 saturated carbocycles. The number of amides is 1. The predicted molar refractivity (Wildman–Crippen MR) is 68.8 cm³/mol. The van der Waals surface area contributed by atoms with Crippen LogP contribution in [-0.4, -0.2) is 45.0 Å². The molecule has 98 valence electrons. The number of rotatable bonds is 5. The van der Waals surface area contributed by atoms with E-state index >= 15 is 0 Å². The minimum atomic E-state index is -1.05. The molecule has 0 spiro atoms. The first kappa shape index (κ1) is 14.4. The molecular weight excluding hydrogens is 254 g/mol. The lowest BCUT2D eigenvalue weighted by molar-refractivity contribution is -0.138. The van der Waals surface area contributed by atoms with E-state index in [0.29, 0.717) is 22.7 Å². The maximum absolute atomic E-state index is 12.0. The van der Waals surface area contributed by atoms with Gasteiger partial charge in [-0.25, -0.2) is 14.8 Å². The van der Waals surface area contributed by atoms with Crippen LogP contribution in [0.1, 0.15) is 21.7 Å². The van der Waals surface area contributed by atoms with Gasteiger partial charge in [0.15, 0.2) is 0 Å². The van der Waals surface area contributed by atoms with Gasteiger partial charge in [0.25, 0.3) is 5.91 Å². The Kier molecular flexibility index (Phi) is 5.08. The molecule has 0 aliphatic heterocycles. The first-order valence-corrected chi connectivity index (χ1v) is 6.67. The molecular formula is C11H15N3O3S. The van der Waals surface area contributed by atoms with Crippen molar-refractivity contribution in [2.75, 3.05) is 12.0 Å². The van der Waals surface area contributed by atoms with E-state index < -0.39 is 17.9 Å². The van der Waals surface area contributed by atoms with Crippen LogP contribution in [0.25, 0.3) is 0 Å². The van der Waals surface area contributed by atoms with Crippen LogP contribution in [0.15, 0.2) is 6.33 Å². The quantitative estimate of drug-likeness (QED) is 0.815. The summed E-state index contributed by atoms with van der Waals surface area (Å²) in [7, 11) is 0. The lowest BCUT2D eigenvalue weighted by Gasteiger charge is -2.14. The van der Waals surface area contributed by atoms with Crippen molar-refractivity contribution >= 4 is 23.6 Å². The monoisotopic (exact) mass is 269 g/mol. The van der Waals surface area contributed by atoms with Gasteiger partial charge in [0, 0.05) is 5.75 Å². The van der Waals surface area contributed by atoms with E-state index in [9.17, 15) is 9.59 Å². The Balaban J connectivity index is 2.90. The molecule has 0 radical (unpaired) electrons. The molecule has 0 saturated heterocycles. The Morgan fingerprint density at radius 3 is 2.39 bits per heavy atom. The standard InChI is InChI=1S/C11H15N3O3S/c1-6-9(7(2)13-5-12-6)10(15)14-8(4-18-3)11(16)17/h5,8H,4H2,1-3H3,(H,14,15)(H,16,17)/t8-/m0/s1. The number of aryl methyl sites for hydroxylation is 2. The van der Waals surface area contributed by atoms with E-state index in [1.165, 1.54) is 18.1 Å². The van der Waals surface area contributed by atoms with E-state index in [4.69, 9.17) is 5.11 Å². The molecule has 1 aromatic rings. The highest BCUT2D eigenvalue weighted by molar-refractivity contribution is 7.98. The van der Waals surface area contributed by atoms with Gasteiger partial charge in [-0.1, -0.05) is 0 Å². The fourth-order valence-corrected chi connectivity index (χ4v) is 2.05. The van der Waals surface area contributed by atoms with Gasteiger partial charge in [-0.3, -0.25) is 4.79 Å². The van der Waals surface area contributed by atoms with Crippen molar-refractivity contribution in [3.63, 3.8) is 0 Å². The van der Waals surface area contributed by atoms with Crippen LogP contribution >= 0.6 is 11.8 Å². The molecule has 0 bridgehead atoms. The first-order chi connectivity index (χ1) is 8.47. The Morgan fingerprint density at radius 2 is 1.94 bits per heavy atom. The summed E-state index contributed by atoms with van der Waals surface area (Å²) in [5, 5.41) is 11.5. The highest BCUT2D eigenvalue weighted by Gasteiger charge is 2.22. The van der Waals surface area contributed by atoms with Crippen molar-refractivity contribution in [3.05, 3.63) is 23.3 Å². The first-order valence-electron chi connectivity index (χ1n) is 5.28. The van der Waals surface area contributed by atoms with Gasteiger partial charge in [0.05, 0.1) is 17.0 Å². The molecule has 1 amide bonds. The molecule has 1 heterocycles. The van der Waals surface area contributed by atoms with Crippen molar-refractivity contribution < 1.29 is 14.7 Å². The van der Waals surface area contributed by atoms with Crippen LogP contribution in [0.4, 0.5) is 0 Å². The van der Waals surface area contributed by atoms with Gasteiger partial charge in [-0.05, 0) is 20.1 Å². The van der Waals surface area contributed by atoms with Crippen molar-refractivity contribution in [1.82, 2.24) is 15.3 Å². The second kappa shape index (κ2) is 6.34. The van der Waals surface area contributed by atoms with Crippen LogP contribution in [0, 0.1) is 13.8 Å². The van der Waals surface area contributed by atoms with E-state index in [1.54, 1.807) is 20.1 Å². The normalized spacial score (nSPS) is 11.9. The van der Waals surface area contributed by atoms with Gasteiger partial charge in [0.2, 0.25) is 0 Å². The van der Waals surface area contributed by atoms with Crippen molar-refractivity contribution in [1.29, 1.82) is 0 Å². The average molecular weight is 269 g/mol. The molecule has 0 aromatic carbocycles. The summed E-state index contributed by atoms with van der Waals surface area (Å²) in [5.74, 6) is -1.19. The maximum Gasteiger partial charge on any atom is 0.327 e. The van der Waals surface area contributed by atoms with E-state index in [0.717, 1.165) is 0 Å². The second-order valence-electron chi connectivity index (χ2n) is 3.74. The van der Waals surface area contributed by atoms with Gasteiger partial charge in [-0.15, -0.1) is 0 Å². The van der Waals surface area contributed by atoms with E-state index in [-0.39, 0.29) is 0 Å². The number of nitrogens with one attached hydrogen (secondary N) is 1. The molecule has 0 unspecified atom stereocenters. The minimum Gasteiger partial charge on any atom is -0.480 e. The Hall–Kier alpha value is -1.63. The van der Waals surface area contributed by atoms with Gasteiger partial charge in [0.1, 0.15) is 12.4 Å². The van der Waals surface area contributed by atoms with Crippen molar-refractivity contribution in [2.24, 2.45) is 0 Å². The summed E-state index contributed by atoms with van der Waals surface area (Å²) in [6.45, 7) is 3.38. The predicted octanol–water partition coefficient (Wildman–Crippen LogP) is 0.639. The largest absolute Gasteiger partial charge is 0.480 e. The lowest BCUT2D eigenvalue weighted by atomic mass is 10.1.